The molecule has 0 heterocycles. The Kier molecular flexibility index (Phi) is 8.27. The maximum absolute atomic E-state index is 11.9. The van der Waals surface area contributed by atoms with E-state index in [4.69, 9.17) is 5.14 Å². The van der Waals surface area contributed by atoms with Crippen molar-refractivity contribution in [3.05, 3.63) is 54.1 Å². The van der Waals surface area contributed by atoms with Crippen LogP contribution in [0.1, 0.15) is 25.8 Å². The third-order valence-electron chi connectivity index (χ3n) is 3.08. The van der Waals surface area contributed by atoms with Crippen molar-refractivity contribution in [3.63, 3.8) is 0 Å². The maximum Gasteiger partial charge on any atom is 0.134 e. The fraction of sp³-hybridized carbons (Fsp3) is 0.278. The third-order valence-corrected chi connectivity index (χ3v) is 4.57. The number of anilines is 1. The summed E-state index contributed by atoms with van der Waals surface area (Å²) in [6.07, 6.45) is 2.96. The van der Waals surface area contributed by atoms with Gasteiger partial charge in [-0.1, -0.05) is 32.4 Å². The first-order chi connectivity index (χ1) is 11.8. The maximum atomic E-state index is 11.9. The molecule has 6 nitrogen and oxygen atoms in total. The van der Waals surface area contributed by atoms with Crippen molar-refractivity contribution in [2.24, 2.45) is 14.5 Å². The van der Waals surface area contributed by atoms with Gasteiger partial charge < -0.3 is 0 Å². The third kappa shape index (κ3) is 6.66. The van der Waals surface area contributed by atoms with Crippen LogP contribution in [-0.4, -0.2) is 29.7 Å². The molecule has 2 aromatic rings. The van der Waals surface area contributed by atoms with E-state index >= 15 is 0 Å². The second kappa shape index (κ2) is 9.93. The van der Waals surface area contributed by atoms with Crippen LogP contribution in [0.3, 0.4) is 0 Å². The highest BCUT2D eigenvalue weighted by atomic mass is 32.2. The SMILES string of the molecule is CCC.CN=S(N)(=O)c1ccc(N=Cc2ccc(N(C)O)cc2)cc1. The van der Waals surface area contributed by atoms with Crippen LogP contribution < -0.4 is 10.2 Å². The number of hydrogen-bond acceptors (Lipinski definition) is 5. The molecule has 0 fully saturated rings. The largest absolute Gasteiger partial charge is 0.289 e. The number of hydroxylamine groups is 1. The zero-order valence-corrected chi connectivity index (χ0v) is 15.9. The van der Waals surface area contributed by atoms with E-state index in [1.807, 2.05) is 12.1 Å². The zero-order valence-electron chi connectivity index (χ0n) is 15.1. The van der Waals surface area contributed by atoms with E-state index in [1.165, 1.54) is 13.5 Å². The molecule has 0 amide bonds. The molecule has 0 bridgehead atoms. The minimum Gasteiger partial charge on any atom is -0.289 e. The van der Waals surface area contributed by atoms with Gasteiger partial charge in [-0.15, -0.1) is 0 Å². The second-order valence-corrected chi connectivity index (χ2v) is 7.30. The van der Waals surface area contributed by atoms with Crippen LogP contribution >= 0.6 is 0 Å². The van der Waals surface area contributed by atoms with Gasteiger partial charge in [-0.2, -0.15) is 0 Å². The number of aliphatic imine (C=N–C) groups is 1. The van der Waals surface area contributed by atoms with Gasteiger partial charge in [0, 0.05) is 20.3 Å². The summed E-state index contributed by atoms with van der Waals surface area (Å²) in [6.45, 7) is 4.25. The summed E-state index contributed by atoms with van der Waals surface area (Å²) >= 11 is 0. The summed E-state index contributed by atoms with van der Waals surface area (Å²) in [5, 5.41) is 15.9. The highest BCUT2D eigenvalue weighted by Gasteiger charge is 2.04. The van der Waals surface area contributed by atoms with Gasteiger partial charge in [0.1, 0.15) is 9.92 Å². The molecule has 25 heavy (non-hydrogen) atoms. The first-order valence-electron chi connectivity index (χ1n) is 7.93. The van der Waals surface area contributed by atoms with E-state index in [1.54, 1.807) is 49.7 Å². The number of benzene rings is 2. The Balaban J connectivity index is 0.000000970. The molecule has 0 aliphatic rings. The predicted molar refractivity (Wildman–Crippen MR) is 105 cm³/mol. The fourth-order valence-electron chi connectivity index (χ4n) is 1.76. The Morgan fingerprint density at radius 1 is 1.12 bits per heavy atom. The molecule has 1 atom stereocenters. The lowest BCUT2D eigenvalue weighted by atomic mass is 10.2. The first kappa shape index (κ1) is 20.8. The van der Waals surface area contributed by atoms with Crippen molar-refractivity contribution in [2.75, 3.05) is 19.2 Å². The van der Waals surface area contributed by atoms with Crippen LogP contribution in [0.15, 0.2) is 62.8 Å². The van der Waals surface area contributed by atoms with Crippen LogP contribution in [0.5, 0.6) is 0 Å². The molecule has 2 rings (SSSR count). The van der Waals surface area contributed by atoms with Gasteiger partial charge in [0.15, 0.2) is 0 Å². The average molecular weight is 362 g/mol. The first-order valence-corrected chi connectivity index (χ1v) is 9.51. The summed E-state index contributed by atoms with van der Waals surface area (Å²) in [5.41, 5.74) is 2.32. The summed E-state index contributed by atoms with van der Waals surface area (Å²) in [6, 6.07) is 14.1. The van der Waals surface area contributed by atoms with Gasteiger partial charge >= 0.3 is 0 Å². The van der Waals surface area contributed by atoms with Crippen LogP contribution in [-0.2, 0) is 9.92 Å². The molecule has 0 saturated carbocycles. The van der Waals surface area contributed by atoms with Crippen LogP contribution in [0, 0.1) is 0 Å². The van der Waals surface area contributed by atoms with E-state index in [0.717, 1.165) is 16.3 Å². The Morgan fingerprint density at radius 2 is 1.64 bits per heavy atom. The van der Waals surface area contributed by atoms with Crippen LogP contribution in [0.4, 0.5) is 11.4 Å². The topological polar surface area (TPSA) is 91.3 Å². The smallest absolute Gasteiger partial charge is 0.134 e. The monoisotopic (exact) mass is 362 g/mol. The van der Waals surface area contributed by atoms with E-state index < -0.39 is 9.92 Å². The molecular weight excluding hydrogens is 336 g/mol. The second-order valence-electron chi connectivity index (χ2n) is 5.33. The quantitative estimate of drug-likeness (QED) is 0.636. The fourth-order valence-corrected chi connectivity index (χ4v) is 2.49. The van der Waals surface area contributed by atoms with Gasteiger partial charge in [-0.05, 0) is 42.0 Å². The molecule has 1 unspecified atom stereocenters. The lowest BCUT2D eigenvalue weighted by Gasteiger charge is -2.09. The molecule has 3 N–H and O–H groups in total. The molecular formula is C18H26N4O2S. The van der Waals surface area contributed by atoms with Crippen molar-refractivity contribution < 1.29 is 9.42 Å². The standard InChI is InChI=1S/C15H18N4O2S.C3H8/c1-17-22(16,21)15-9-5-13(6-10-15)18-11-12-3-7-14(8-4-12)19(2)20;1-3-2/h3-11,20H,1-2H3,(H2,16,17,21);3H2,1-2H3. The molecule has 0 aromatic heterocycles. The van der Waals surface area contributed by atoms with Gasteiger partial charge in [0.05, 0.1) is 16.3 Å². The van der Waals surface area contributed by atoms with Crippen molar-refractivity contribution in [1.82, 2.24) is 0 Å². The van der Waals surface area contributed by atoms with Crippen molar-refractivity contribution in [2.45, 2.75) is 25.2 Å². The van der Waals surface area contributed by atoms with Gasteiger partial charge in [-0.3, -0.25) is 15.3 Å². The molecule has 136 valence electrons. The number of rotatable bonds is 4. The Morgan fingerprint density at radius 3 is 2.08 bits per heavy atom. The molecule has 0 saturated heterocycles. The molecule has 7 heteroatoms. The van der Waals surface area contributed by atoms with E-state index in [9.17, 15) is 9.42 Å². The Hall–Kier alpha value is -2.22. The van der Waals surface area contributed by atoms with Crippen molar-refractivity contribution >= 4 is 27.5 Å². The van der Waals surface area contributed by atoms with E-state index in [0.29, 0.717) is 10.6 Å². The highest BCUT2D eigenvalue weighted by molar-refractivity contribution is 7.91. The molecule has 2 aromatic carbocycles. The lowest BCUT2D eigenvalue weighted by molar-refractivity contribution is 0.279. The van der Waals surface area contributed by atoms with Gasteiger partial charge in [0.2, 0.25) is 0 Å². The number of nitrogens with zero attached hydrogens (tertiary/aromatic N) is 3. The molecule has 0 radical (unpaired) electrons. The van der Waals surface area contributed by atoms with E-state index in [2.05, 4.69) is 23.2 Å². The summed E-state index contributed by atoms with van der Waals surface area (Å²) in [4.78, 5) is 4.81. The van der Waals surface area contributed by atoms with Crippen LogP contribution in [0.25, 0.3) is 0 Å². The summed E-state index contributed by atoms with van der Waals surface area (Å²) < 4.78 is 15.6. The van der Waals surface area contributed by atoms with Crippen LogP contribution in [0.2, 0.25) is 0 Å². The average Bonchev–Trinajstić information content (AvgIpc) is 2.61. The van der Waals surface area contributed by atoms with E-state index in [-0.39, 0.29) is 0 Å². The van der Waals surface area contributed by atoms with Gasteiger partial charge in [-0.25, -0.2) is 13.7 Å². The normalized spacial score (nSPS) is 12.9. The number of nitrogens with two attached hydrogens (primary N) is 1. The summed E-state index contributed by atoms with van der Waals surface area (Å²) in [7, 11) is 0.190. The summed E-state index contributed by atoms with van der Waals surface area (Å²) in [5.74, 6) is 0. The predicted octanol–water partition coefficient (Wildman–Crippen LogP) is 4.01. The van der Waals surface area contributed by atoms with Crippen molar-refractivity contribution in [3.8, 4) is 0 Å². The molecule has 0 spiro atoms. The zero-order chi connectivity index (χ0) is 18.9. The molecule has 0 aliphatic heterocycles. The lowest BCUT2D eigenvalue weighted by Crippen LogP contribution is -2.11. The minimum absolute atomic E-state index is 0.476. The number of hydrogen-bond donors (Lipinski definition) is 2. The molecule has 0 aliphatic carbocycles. The Labute approximate surface area is 150 Å². The van der Waals surface area contributed by atoms with Crippen molar-refractivity contribution in [1.29, 1.82) is 0 Å². The minimum atomic E-state index is -2.80. The highest BCUT2D eigenvalue weighted by Crippen LogP contribution is 2.17. The Bertz CT molecular complexity index is 791. The van der Waals surface area contributed by atoms with Gasteiger partial charge in [0.25, 0.3) is 0 Å².